The second kappa shape index (κ2) is 3.22. The monoisotopic (exact) mass is 203 g/mol. The first-order valence-corrected chi connectivity index (χ1v) is 3.80. The molecule has 1 aromatic carbocycles. The molecule has 70 valence electrons. The normalized spacial score (nSPS) is 10.1. The molecule has 0 aliphatic rings. The van der Waals surface area contributed by atoms with Gasteiger partial charge in [0.15, 0.2) is 0 Å². The van der Waals surface area contributed by atoms with E-state index < -0.39 is 16.8 Å². The van der Waals surface area contributed by atoms with Crippen LogP contribution in [0.25, 0.3) is 0 Å². The van der Waals surface area contributed by atoms with Gasteiger partial charge in [-0.05, 0) is 18.6 Å². The molecule has 3 N–H and O–H groups in total. The summed E-state index contributed by atoms with van der Waals surface area (Å²) in [7, 11) is 0. The van der Waals surface area contributed by atoms with Crippen LogP contribution in [0.4, 0.5) is 10.1 Å². The summed E-state index contributed by atoms with van der Waals surface area (Å²) in [6.45, 7) is 1.48. The Bertz CT molecular complexity index is 353. The number of nitrogens with two attached hydrogens (primary N) is 1. The summed E-state index contributed by atoms with van der Waals surface area (Å²) in [6, 6.07) is 1.00. The van der Waals surface area contributed by atoms with E-state index in [9.17, 15) is 9.18 Å². The van der Waals surface area contributed by atoms with Crippen LogP contribution in [0.3, 0.4) is 0 Å². The Balaban J connectivity index is 3.56. The number of carboxylic acids is 1. The molecule has 1 rings (SSSR count). The van der Waals surface area contributed by atoms with Crippen molar-refractivity contribution < 1.29 is 14.3 Å². The molecule has 0 unspecified atom stereocenters. The van der Waals surface area contributed by atoms with Gasteiger partial charge < -0.3 is 10.8 Å². The molecule has 0 aliphatic heterocycles. The molecule has 1 aromatic rings. The number of aromatic carboxylic acids is 1. The van der Waals surface area contributed by atoms with Gasteiger partial charge in [0, 0.05) is 5.69 Å². The molecule has 0 aromatic heterocycles. The lowest BCUT2D eigenvalue weighted by atomic mass is 10.1. The number of benzene rings is 1. The zero-order chi connectivity index (χ0) is 10.2. The third-order valence-electron chi connectivity index (χ3n) is 1.73. The first-order chi connectivity index (χ1) is 5.95. The smallest absolute Gasteiger partial charge is 0.337 e. The molecule has 0 radical (unpaired) electrons. The van der Waals surface area contributed by atoms with Gasteiger partial charge in [0.05, 0.1) is 10.6 Å². The Morgan fingerprint density at radius 1 is 1.69 bits per heavy atom. The van der Waals surface area contributed by atoms with E-state index >= 15 is 0 Å². The lowest BCUT2D eigenvalue weighted by Gasteiger charge is -2.07. The number of halogens is 2. The van der Waals surface area contributed by atoms with Crippen LogP contribution in [0.15, 0.2) is 6.07 Å². The van der Waals surface area contributed by atoms with E-state index in [2.05, 4.69) is 0 Å². The van der Waals surface area contributed by atoms with Crippen LogP contribution < -0.4 is 5.73 Å². The molecule has 5 heteroatoms. The predicted molar refractivity (Wildman–Crippen MR) is 47.5 cm³/mol. The minimum Gasteiger partial charge on any atom is -0.478 e. The molecule has 0 amide bonds. The predicted octanol–water partition coefficient (Wildman–Crippen LogP) is 2.07. The van der Waals surface area contributed by atoms with Gasteiger partial charge in [0.1, 0.15) is 5.82 Å². The number of rotatable bonds is 1. The summed E-state index contributed by atoms with van der Waals surface area (Å²) in [5, 5.41) is 8.29. The fraction of sp³-hybridized carbons (Fsp3) is 0.125. The summed E-state index contributed by atoms with van der Waals surface area (Å²) in [5.41, 5.74) is 5.45. The Hall–Kier alpha value is -1.29. The molecule has 0 heterocycles. The van der Waals surface area contributed by atoms with Gasteiger partial charge in [-0.1, -0.05) is 11.6 Å². The van der Waals surface area contributed by atoms with Crippen molar-refractivity contribution in [2.45, 2.75) is 6.92 Å². The number of hydrogen-bond acceptors (Lipinski definition) is 2. The van der Waals surface area contributed by atoms with Crippen molar-refractivity contribution in [3.8, 4) is 0 Å². The van der Waals surface area contributed by atoms with Crippen LogP contribution in [0.5, 0.6) is 0 Å². The maximum absolute atomic E-state index is 12.9. The number of carbonyl (C=O) groups is 1. The van der Waals surface area contributed by atoms with Gasteiger partial charge in [-0.25, -0.2) is 9.18 Å². The average Bonchev–Trinajstić information content (AvgIpc) is 2.01. The highest BCUT2D eigenvalue weighted by Gasteiger charge is 2.18. The second-order valence-electron chi connectivity index (χ2n) is 2.57. The van der Waals surface area contributed by atoms with E-state index in [0.717, 1.165) is 6.07 Å². The number of anilines is 1. The molecule has 0 saturated heterocycles. The minimum absolute atomic E-state index is 0.0827. The molecular formula is C8H7ClFNO2. The Kier molecular flexibility index (Phi) is 2.43. The molecular weight excluding hydrogens is 197 g/mol. The van der Waals surface area contributed by atoms with Gasteiger partial charge in [-0.3, -0.25) is 0 Å². The van der Waals surface area contributed by atoms with E-state index in [0.29, 0.717) is 0 Å². The van der Waals surface area contributed by atoms with Gasteiger partial charge in [-0.15, -0.1) is 0 Å². The summed E-state index contributed by atoms with van der Waals surface area (Å²) >= 11 is 5.45. The first-order valence-electron chi connectivity index (χ1n) is 3.42. The SMILES string of the molecule is Cc1c(N)cc(F)c(Cl)c1C(=O)O. The van der Waals surface area contributed by atoms with Crippen molar-refractivity contribution in [1.82, 2.24) is 0 Å². The van der Waals surface area contributed by atoms with E-state index in [4.69, 9.17) is 22.4 Å². The molecule has 0 aliphatic carbocycles. The summed E-state index contributed by atoms with van der Waals surface area (Å²) < 4.78 is 12.9. The number of nitrogen functional groups attached to an aromatic ring is 1. The van der Waals surface area contributed by atoms with E-state index in [1.165, 1.54) is 6.92 Å². The van der Waals surface area contributed by atoms with E-state index in [1.807, 2.05) is 0 Å². The lowest BCUT2D eigenvalue weighted by Crippen LogP contribution is -2.05. The number of carboxylic acid groups (broad SMARTS) is 1. The van der Waals surface area contributed by atoms with Gasteiger partial charge in [0.2, 0.25) is 0 Å². The quantitative estimate of drug-likeness (QED) is 0.687. The second-order valence-corrected chi connectivity index (χ2v) is 2.94. The molecule has 0 bridgehead atoms. The van der Waals surface area contributed by atoms with Crippen molar-refractivity contribution >= 4 is 23.3 Å². The van der Waals surface area contributed by atoms with Gasteiger partial charge >= 0.3 is 5.97 Å². The summed E-state index contributed by atoms with van der Waals surface area (Å²) in [5.74, 6) is -2.10. The van der Waals surface area contributed by atoms with Crippen molar-refractivity contribution in [1.29, 1.82) is 0 Å². The molecule has 0 spiro atoms. The molecule has 0 fully saturated rings. The maximum atomic E-state index is 12.9. The van der Waals surface area contributed by atoms with Gasteiger partial charge in [-0.2, -0.15) is 0 Å². The van der Waals surface area contributed by atoms with Crippen LogP contribution >= 0.6 is 11.6 Å². The standard InChI is InChI=1S/C8H7ClFNO2/c1-3-5(11)2-4(10)7(9)6(3)8(12)13/h2H,11H2,1H3,(H,12,13). The van der Waals surface area contributed by atoms with Gasteiger partial charge in [0.25, 0.3) is 0 Å². The molecule has 13 heavy (non-hydrogen) atoms. The highest BCUT2D eigenvalue weighted by Crippen LogP contribution is 2.27. The average molecular weight is 204 g/mol. The maximum Gasteiger partial charge on any atom is 0.337 e. The largest absolute Gasteiger partial charge is 0.478 e. The molecule has 0 atom stereocenters. The highest BCUT2D eigenvalue weighted by atomic mass is 35.5. The number of hydrogen-bond donors (Lipinski definition) is 2. The zero-order valence-corrected chi connectivity index (χ0v) is 7.52. The van der Waals surface area contributed by atoms with Crippen LogP contribution in [-0.2, 0) is 0 Å². The van der Waals surface area contributed by atoms with Crippen LogP contribution in [0, 0.1) is 12.7 Å². The summed E-state index contributed by atoms with van der Waals surface area (Å²) in [6.07, 6.45) is 0. The topological polar surface area (TPSA) is 63.3 Å². The third kappa shape index (κ3) is 1.58. The zero-order valence-electron chi connectivity index (χ0n) is 6.77. The van der Waals surface area contributed by atoms with Crippen molar-refractivity contribution in [3.05, 3.63) is 28.0 Å². The van der Waals surface area contributed by atoms with E-state index in [-0.39, 0.29) is 16.8 Å². The van der Waals surface area contributed by atoms with Crippen molar-refractivity contribution in [3.63, 3.8) is 0 Å². The summed E-state index contributed by atoms with van der Waals surface area (Å²) in [4.78, 5) is 10.6. The highest BCUT2D eigenvalue weighted by molar-refractivity contribution is 6.34. The van der Waals surface area contributed by atoms with E-state index in [1.54, 1.807) is 0 Å². The van der Waals surface area contributed by atoms with Crippen LogP contribution in [-0.4, -0.2) is 11.1 Å². The fourth-order valence-corrected chi connectivity index (χ4v) is 1.27. The Morgan fingerprint density at radius 2 is 2.23 bits per heavy atom. The van der Waals surface area contributed by atoms with Crippen molar-refractivity contribution in [2.75, 3.05) is 5.73 Å². The molecule has 0 saturated carbocycles. The van der Waals surface area contributed by atoms with Crippen LogP contribution in [0.2, 0.25) is 5.02 Å². The first kappa shape index (κ1) is 9.80. The fourth-order valence-electron chi connectivity index (χ4n) is 0.991. The van der Waals surface area contributed by atoms with Crippen molar-refractivity contribution in [2.24, 2.45) is 0 Å². The lowest BCUT2D eigenvalue weighted by molar-refractivity contribution is 0.0696. The Labute approximate surface area is 78.9 Å². The van der Waals surface area contributed by atoms with Crippen LogP contribution in [0.1, 0.15) is 15.9 Å². The molecule has 3 nitrogen and oxygen atoms in total. The minimum atomic E-state index is -1.28. The third-order valence-corrected chi connectivity index (χ3v) is 2.10. The Morgan fingerprint density at radius 3 is 2.69 bits per heavy atom.